The molecule has 1 fully saturated rings. The number of hydrogen-bond acceptors (Lipinski definition) is 3. The fourth-order valence-electron chi connectivity index (χ4n) is 3.08. The highest BCUT2D eigenvalue weighted by Gasteiger charge is 2.24. The van der Waals surface area contributed by atoms with Crippen molar-refractivity contribution in [2.24, 2.45) is 5.73 Å². The maximum atomic E-state index is 12.3. The Balaban J connectivity index is 1.85. The van der Waals surface area contributed by atoms with Crippen molar-refractivity contribution in [2.45, 2.75) is 44.7 Å². The second-order valence-corrected chi connectivity index (χ2v) is 5.90. The summed E-state index contributed by atoms with van der Waals surface area (Å²) >= 11 is 0. The van der Waals surface area contributed by atoms with Crippen LogP contribution in [0.5, 0.6) is 0 Å². The fourth-order valence-corrected chi connectivity index (χ4v) is 3.08. The molecule has 1 heterocycles. The Kier molecular flexibility index (Phi) is 6.21. The van der Waals surface area contributed by atoms with Gasteiger partial charge in [0.25, 0.3) is 0 Å². The van der Waals surface area contributed by atoms with Gasteiger partial charge >= 0.3 is 0 Å². The molecule has 1 aliphatic heterocycles. The van der Waals surface area contributed by atoms with E-state index in [2.05, 4.69) is 10.2 Å². The molecule has 2 unspecified atom stereocenters. The standard InChI is InChI=1S/C17H27N3O/c1-14(15-7-3-2-4-8-15)19-17(21)13-20-12-6-5-9-16(20)10-11-18/h2-4,7-8,14,16H,5-6,9-13,18H2,1H3,(H,19,21). The van der Waals surface area contributed by atoms with Gasteiger partial charge in [-0.1, -0.05) is 36.8 Å². The van der Waals surface area contributed by atoms with Gasteiger partial charge in [-0.05, 0) is 44.8 Å². The van der Waals surface area contributed by atoms with Gasteiger partial charge in [-0.3, -0.25) is 9.69 Å². The molecule has 2 rings (SSSR count). The summed E-state index contributed by atoms with van der Waals surface area (Å²) in [4.78, 5) is 14.6. The van der Waals surface area contributed by atoms with Crippen molar-refractivity contribution >= 4 is 5.91 Å². The highest BCUT2D eigenvalue weighted by Crippen LogP contribution is 2.19. The molecule has 0 saturated carbocycles. The number of nitrogens with zero attached hydrogens (tertiary/aromatic N) is 1. The lowest BCUT2D eigenvalue weighted by Crippen LogP contribution is -2.46. The lowest BCUT2D eigenvalue weighted by Gasteiger charge is -2.35. The van der Waals surface area contributed by atoms with Crippen LogP contribution in [0.15, 0.2) is 30.3 Å². The molecular formula is C17H27N3O. The van der Waals surface area contributed by atoms with Gasteiger partial charge in [-0.25, -0.2) is 0 Å². The van der Waals surface area contributed by atoms with Crippen LogP contribution < -0.4 is 11.1 Å². The first-order valence-electron chi connectivity index (χ1n) is 7.99. The number of piperidine rings is 1. The van der Waals surface area contributed by atoms with E-state index in [4.69, 9.17) is 5.73 Å². The molecule has 0 bridgehead atoms. The van der Waals surface area contributed by atoms with Gasteiger partial charge in [-0.2, -0.15) is 0 Å². The van der Waals surface area contributed by atoms with Crippen molar-refractivity contribution in [3.63, 3.8) is 0 Å². The van der Waals surface area contributed by atoms with Crippen LogP contribution in [0.4, 0.5) is 0 Å². The first kappa shape index (κ1) is 16.0. The molecule has 1 aliphatic rings. The molecule has 2 atom stereocenters. The molecule has 1 aromatic carbocycles. The Morgan fingerprint density at radius 3 is 2.86 bits per heavy atom. The van der Waals surface area contributed by atoms with Crippen molar-refractivity contribution in [3.8, 4) is 0 Å². The van der Waals surface area contributed by atoms with Crippen molar-refractivity contribution in [3.05, 3.63) is 35.9 Å². The third kappa shape index (κ3) is 4.83. The summed E-state index contributed by atoms with van der Waals surface area (Å²) in [5.41, 5.74) is 6.82. The summed E-state index contributed by atoms with van der Waals surface area (Å²) in [5.74, 6) is 0.107. The van der Waals surface area contributed by atoms with Gasteiger partial charge in [0.1, 0.15) is 0 Å². The normalized spacial score (nSPS) is 21.0. The molecule has 0 spiro atoms. The number of hydrogen-bond donors (Lipinski definition) is 2. The zero-order chi connectivity index (χ0) is 15.1. The van der Waals surface area contributed by atoms with Gasteiger partial charge in [0.2, 0.25) is 5.91 Å². The Hall–Kier alpha value is -1.39. The minimum atomic E-state index is 0.0523. The van der Waals surface area contributed by atoms with Gasteiger partial charge in [0, 0.05) is 6.04 Å². The molecule has 1 amide bonds. The van der Waals surface area contributed by atoms with Gasteiger partial charge in [0.05, 0.1) is 12.6 Å². The molecule has 116 valence electrons. The second-order valence-electron chi connectivity index (χ2n) is 5.90. The van der Waals surface area contributed by atoms with Crippen molar-refractivity contribution in [2.75, 3.05) is 19.6 Å². The van der Waals surface area contributed by atoms with E-state index < -0.39 is 0 Å². The van der Waals surface area contributed by atoms with Crippen LogP contribution in [-0.2, 0) is 4.79 Å². The average molecular weight is 289 g/mol. The summed E-state index contributed by atoms with van der Waals surface area (Å²) in [6.45, 7) is 4.23. The molecular weight excluding hydrogens is 262 g/mol. The Labute approximate surface area is 127 Å². The van der Waals surface area contributed by atoms with Crippen molar-refractivity contribution in [1.29, 1.82) is 0 Å². The van der Waals surface area contributed by atoms with E-state index in [1.54, 1.807) is 0 Å². The van der Waals surface area contributed by atoms with E-state index in [-0.39, 0.29) is 11.9 Å². The molecule has 1 aromatic rings. The van der Waals surface area contributed by atoms with E-state index in [9.17, 15) is 4.79 Å². The lowest BCUT2D eigenvalue weighted by atomic mass is 9.99. The number of carbonyl (C=O) groups excluding carboxylic acids is 1. The molecule has 4 heteroatoms. The highest BCUT2D eigenvalue weighted by molar-refractivity contribution is 5.78. The number of amides is 1. The Bertz CT molecular complexity index is 433. The summed E-state index contributed by atoms with van der Waals surface area (Å²) in [6.07, 6.45) is 4.59. The SMILES string of the molecule is CC(NC(=O)CN1CCCCC1CCN)c1ccccc1. The third-order valence-corrected chi connectivity index (χ3v) is 4.27. The third-order valence-electron chi connectivity index (χ3n) is 4.27. The summed E-state index contributed by atoms with van der Waals surface area (Å²) in [6, 6.07) is 10.6. The molecule has 21 heavy (non-hydrogen) atoms. The predicted molar refractivity (Wildman–Crippen MR) is 85.9 cm³/mol. The molecule has 0 radical (unpaired) electrons. The molecule has 1 saturated heterocycles. The summed E-state index contributed by atoms with van der Waals surface area (Å²) in [7, 11) is 0. The van der Waals surface area contributed by atoms with Crippen LogP contribution >= 0.6 is 0 Å². The van der Waals surface area contributed by atoms with Crippen LogP contribution in [0, 0.1) is 0 Å². The number of likely N-dealkylation sites (tertiary alicyclic amines) is 1. The van der Waals surface area contributed by atoms with Gasteiger partial charge < -0.3 is 11.1 Å². The number of nitrogens with two attached hydrogens (primary N) is 1. The molecule has 3 N–H and O–H groups in total. The smallest absolute Gasteiger partial charge is 0.234 e. The minimum Gasteiger partial charge on any atom is -0.348 e. The second kappa shape index (κ2) is 8.15. The molecule has 0 aliphatic carbocycles. The first-order valence-corrected chi connectivity index (χ1v) is 7.99. The Morgan fingerprint density at radius 1 is 1.38 bits per heavy atom. The van der Waals surface area contributed by atoms with Crippen molar-refractivity contribution in [1.82, 2.24) is 10.2 Å². The molecule has 0 aromatic heterocycles. The quantitative estimate of drug-likeness (QED) is 0.843. The van der Waals surface area contributed by atoms with E-state index >= 15 is 0 Å². The summed E-state index contributed by atoms with van der Waals surface area (Å²) < 4.78 is 0. The largest absolute Gasteiger partial charge is 0.348 e. The van der Waals surface area contributed by atoms with E-state index in [1.165, 1.54) is 19.3 Å². The highest BCUT2D eigenvalue weighted by atomic mass is 16.2. The first-order chi connectivity index (χ1) is 10.2. The monoisotopic (exact) mass is 289 g/mol. The Morgan fingerprint density at radius 2 is 2.14 bits per heavy atom. The van der Waals surface area contributed by atoms with Crippen molar-refractivity contribution < 1.29 is 4.79 Å². The summed E-state index contributed by atoms with van der Waals surface area (Å²) in [5, 5.41) is 3.09. The maximum absolute atomic E-state index is 12.3. The average Bonchev–Trinajstić information content (AvgIpc) is 2.50. The van der Waals surface area contributed by atoms with Gasteiger partial charge in [-0.15, -0.1) is 0 Å². The van der Waals surface area contributed by atoms with Crippen LogP contribution in [0.3, 0.4) is 0 Å². The minimum absolute atomic E-state index is 0.0523. The van der Waals surface area contributed by atoms with E-state index in [1.807, 2.05) is 37.3 Å². The zero-order valence-corrected chi connectivity index (χ0v) is 12.9. The lowest BCUT2D eigenvalue weighted by molar-refractivity contribution is -0.123. The van der Waals surface area contributed by atoms with Crippen LogP contribution in [0.1, 0.15) is 44.2 Å². The topological polar surface area (TPSA) is 58.4 Å². The number of nitrogens with one attached hydrogen (secondary N) is 1. The van der Waals surface area contributed by atoms with E-state index in [0.29, 0.717) is 19.1 Å². The number of benzene rings is 1. The number of rotatable bonds is 6. The predicted octanol–water partition coefficient (Wildman–Crippen LogP) is 2.07. The van der Waals surface area contributed by atoms with E-state index in [0.717, 1.165) is 18.5 Å². The maximum Gasteiger partial charge on any atom is 0.234 e. The van der Waals surface area contributed by atoms with Crippen LogP contribution in [-0.4, -0.2) is 36.5 Å². The zero-order valence-electron chi connectivity index (χ0n) is 12.9. The van der Waals surface area contributed by atoms with Crippen LogP contribution in [0.2, 0.25) is 0 Å². The van der Waals surface area contributed by atoms with Gasteiger partial charge in [0.15, 0.2) is 0 Å². The van der Waals surface area contributed by atoms with Crippen LogP contribution in [0.25, 0.3) is 0 Å². The fraction of sp³-hybridized carbons (Fsp3) is 0.588. The number of carbonyl (C=O) groups is 1. The molecule has 4 nitrogen and oxygen atoms in total.